The maximum Gasteiger partial charge on any atom is 0.423 e. The van der Waals surface area contributed by atoms with E-state index < -0.39 is 34.4 Å². The topological polar surface area (TPSA) is 92.5 Å². The molecule has 6 nitrogen and oxygen atoms in total. The number of rotatable bonds is 6. The third-order valence-electron chi connectivity index (χ3n) is 2.71. The minimum absolute atomic E-state index is 0.131. The Bertz CT molecular complexity index is 546. The Morgan fingerprint density at radius 2 is 2.10 bits per heavy atom. The van der Waals surface area contributed by atoms with E-state index in [2.05, 4.69) is 5.32 Å². The van der Waals surface area contributed by atoms with Crippen LogP contribution in [0.4, 0.5) is 24.5 Å². The largest absolute Gasteiger partial charge is 0.480 e. The summed E-state index contributed by atoms with van der Waals surface area (Å²) in [7, 11) is 0. The fraction of sp³-hybridized carbons (Fsp3) is 0.417. The van der Waals surface area contributed by atoms with Crippen LogP contribution in [0.5, 0.6) is 0 Å². The van der Waals surface area contributed by atoms with Crippen LogP contribution in [0.1, 0.15) is 25.3 Å². The Morgan fingerprint density at radius 3 is 2.52 bits per heavy atom. The smallest absolute Gasteiger partial charge is 0.423 e. The van der Waals surface area contributed by atoms with Crippen LogP contribution in [-0.4, -0.2) is 22.0 Å². The van der Waals surface area contributed by atoms with Crippen molar-refractivity contribution in [1.82, 2.24) is 0 Å². The maximum absolute atomic E-state index is 12.8. The molecule has 0 aliphatic carbocycles. The van der Waals surface area contributed by atoms with E-state index in [1.165, 1.54) is 0 Å². The van der Waals surface area contributed by atoms with Gasteiger partial charge in [-0.25, -0.2) is 4.79 Å². The SMILES string of the molecule is CCCC(Nc1ccc([N+](=O)[O-])c(C(F)(F)F)c1)C(=O)O. The van der Waals surface area contributed by atoms with Crippen molar-refractivity contribution in [2.75, 3.05) is 5.32 Å². The van der Waals surface area contributed by atoms with E-state index in [0.717, 1.165) is 6.07 Å². The van der Waals surface area contributed by atoms with Crippen LogP contribution < -0.4 is 5.32 Å². The molecule has 9 heteroatoms. The molecule has 1 rings (SSSR count). The molecule has 1 atom stereocenters. The molecule has 21 heavy (non-hydrogen) atoms. The van der Waals surface area contributed by atoms with Gasteiger partial charge in [-0.05, 0) is 18.6 Å². The van der Waals surface area contributed by atoms with E-state index in [4.69, 9.17) is 5.11 Å². The predicted molar refractivity (Wildman–Crippen MR) is 68.1 cm³/mol. The Kier molecular flexibility index (Phi) is 5.12. The molecule has 1 aromatic carbocycles. The van der Waals surface area contributed by atoms with Crippen LogP contribution >= 0.6 is 0 Å². The second-order valence-corrected chi connectivity index (χ2v) is 4.31. The monoisotopic (exact) mass is 306 g/mol. The standard InChI is InChI=1S/C12H13F3N2O4/c1-2-3-9(11(18)19)16-7-4-5-10(17(20)21)8(6-7)12(13,14)15/h4-6,9,16H,2-3H2,1H3,(H,18,19). The molecule has 0 saturated heterocycles. The van der Waals surface area contributed by atoms with Gasteiger partial charge >= 0.3 is 12.1 Å². The van der Waals surface area contributed by atoms with Crippen LogP contribution in [0.3, 0.4) is 0 Å². The van der Waals surface area contributed by atoms with Gasteiger partial charge in [0.15, 0.2) is 0 Å². The summed E-state index contributed by atoms with van der Waals surface area (Å²) in [4.78, 5) is 20.4. The van der Waals surface area contributed by atoms with Crippen molar-refractivity contribution in [2.24, 2.45) is 0 Å². The fourth-order valence-electron chi connectivity index (χ4n) is 1.76. The van der Waals surface area contributed by atoms with Crippen molar-refractivity contribution in [3.05, 3.63) is 33.9 Å². The fourth-order valence-corrected chi connectivity index (χ4v) is 1.76. The third kappa shape index (κ3) is 4.33. The molecule has 1 unspecified atom stereocenters. The van der Waals surface area contributed by atoms with Gasteiger partial charge in [0.25, 0.3) is 5.69 Å². The summed E-state index contributed by atoms with van der Waals surface area (Å²) < 4.78 is 38.4. The molecule has 0 bridgehead atoms. The van der Waals surface area contributed by atoms with E-state index in [0.29, 0.717) is 18.6 Å². The zero-order valence-corrected chi connectivity index (χ0v) is 11.0. The number of hydrogen-bond donors (Lipinski definition) is 2. The molecule has 0 aromatic heterocycles. The first-order valence-electron chi connectivity index (χ1n) is 6.01. The van der Waals surface area contributed by atoms with Gasteiger partial charge in [-0.15, -0.1) is 0 Å². The molecule has 0 aliphatic rings. The first-order valence-corrected chi connectivity index (χ1v) is 6.01. The Morgan fingerprint density at radius 1 is 1.48 bits per heavy atom. The Labute approximate surface area is 117 Å². The van der Waals surface area contributed by atoms with E-state index in [-0.39, 0.29) is 12.1 Å². The lowest BCUT2D eigenvalue weighted by molar-refractivity contribution is -0.388. The molecule has 0 aliphatic heterocycles. The zero-order valence-electron chi connectivity index (χ0n) is 11.0. The number of carboxylic acids is 1. The highest BCUT2D eigenvalue weighted by Crippen LogP contribution is 2.37. The van der Waals surface area contributed by atoms with Crippen LogP contribution in [0, 0.1) is 10.1 Å². The number of carboxylic acid groups (broad SMARTS) is 1. The van der Waals surface area contributed by atoms with Crippen molar-refractivity contribution >= 4 is 17.3 Å². The summed E-state index contributed by atoms with van der Waals surface area (Å²) in [5.74, 6) is -1.20. The van der Waals surface area contributed by atoms with Gasteiger partial charge in [-0.3, -0.25) is 10.1 Å². The summed E-state index contributed by atoms with van der Waals surface area (Å²) in [5.41, 5.74) is -2.62. The number of nitro groups is 1. The summed E-state index contributed by atoms with van der Waals surface area (Å²) in [6.07, 6.45) is -4.17. The molecular weight excluding hydrogens is 293 g/mol. The van der Waals surface area contributed by atoms with Gasteiger partial charge < -0.3 is 10.4 Å². The molecule has 0 heterocycles. The normalized spacial score (nSPS) is 12.8. The predicted octanol–water partition coefficient (Wildman–Crippen LogP) is 3.28. The van der Waals surface area contributed by atoms with Gasteiger partial charge in [-0.2, -0.15) is 13.2 Å². The number of carbonyl (C=O) groups is 1. The van der Waals surface area contributed by atoms with Gasteiger partial charge in [-0.1, -0.05) is 13.3 Å². The lowest BCUT2D eigenvalue weighted by Gasteiger charge is -2.16. The van der Waals surface area contributed by atoms with Crippen LogP contribution in [0.2, 0.25) is 0 Å². The minimum atomic E-state index is -4.90. The summed E-state index contributed by atoms with van der Waals surface area (Å²) >= 11 is 0. The molecule has 0 amide bonds. The molecule has 0 radical (unpaired) electrons. The Balaban J connectivity index is 3.16. The van der Waals surface area contributed by atoms with Crippen molar-refractivity contribution in [1.29, 1.82) is 0 Å². The summed E-state index contributed by atoms with van der Waals surface area (Å²) in [6.45, 7) is 1.73. The van der Waals surface area contributed by atoms with Crippen molar-refractivity contribution < 1.29 is 28.0 Å². The summed E-state index contributed by atoms with van der Waals surface area (Å²) in [5, 5.41) is 22.0. The molecular formula is C12H13F3N2O4. The lowest BCUT2D eigenvalue weighted by atomic mass is 10.1. The van der Waals surface area contributed by atoms with Crippen LogP contribution in [-0.2, 0) is 11.0 Å². The van der Waals surface area contributed by atoms with Gasteiger partial charge in [0.05, 0.1) is 4.92 Å². The molecule has 2 N–H and O–H groups in total. The molecule has 0 spiro atoms. The second-order valence-electron chi connectivity index (χ2n) is 4.31. The highest BCUT2D eigenvalue weighted by Gasteiger charge is 2.38. The van der Waals surface area contributed by atoms with Crippen molar-refractivity contribution in [2.45, 2.75) is 32.0 Å². The lowest BCUT2D eigenvalue weighted by Crippen LogP contribution is -2.29. The number of anilines is 1. The average Bonchev–Trinajstić information content (AvgIpc) is 2.36. The summed E-state index contributed by atoms with van der Waals surface area (Å²) in [6, 6.07) is 1.25. The van der Waals surface area contributed by atoms with E-state index in [9.17, 15) is 28.1 Å². The number of alkyl halides is 3. The average molecular weight is 306 g/mol. The first kappa shape index (κ1) is 16.7. The zero-order chi connectivity index (χ0) is 16.2. The molecule has 116 valence electrons. The molecule has 0 fully saturated rings. The van der Waals surface area contributed by atoms with Crippen LogP contribution in [0.15, 0.2) is 18.2 Å². The molecule has 0 saturated carbocycles. The number of benzene rings is 1. The van der Waals surface area contributed by atoms with Gasteiger partial charge in [0.1, 0.15) is 11.6 Å². The van der Waals surface area contributed by atoms with E-state index >= 15 is 0 Å². The maximum atomic E-state index is 12.8. The number of nitro benzene ring substituents is 1. The third-order valence-corrected chi connectivity index (χ3v) is 2.71. The number of aliphatic carboxylic acids is 1. The van der Waals surface area contributed by atoms with Crippen LogP contribution in [0.25, 0.3) is 0 Å². The number of nitrogens with one attached hydrogen (secondary N) is 1. The number of nitrogens with zero attached hydrogens (tertiary/aromatic N) is 1. The highest BCUT2D eigenvalue weighted by atomic mass is 19.4. The van der Waals surface area contributed by atoms with Gasteiger partial charge in [0, 0.05) is 11.8 Å². The first-order chi connectivity index (χ1) is 9.66. The van der Waals surface area contributed by atoms with Crippen molar-refractivity contribution in [3.8, 4) is 0 Å². The Hall–Kier alpha value is -2.32. The van der Waals surface area contributed by atoms with E-state index in [1.807, 2.05) is 0 Å². The quantitative estimate of drug-likeness (QED) is 0.621. The molecule has 1 aromatic rings. The number of halogens is 3. The van der Waals surface area contributed by atoms with Crippen molar-refractivity contribution in [3.63, 3.8) is 0 Å². The minimum Gasteiger partial charge on any atom is -0.480 e. The number of hydrogen-bond acceptors (Lipinski definition) is 4. The second kappa shape index (κ2) is 6.42. The highest BCUT2D eigenvalue weighted by molar-refractivity contribution is 5.77. The van der Waals surface area contributed by atoms with E-state index in [1.54, 1.807) is 6.92 Å². The van der Waals surface area contributed by atoms with Gasteiger partial charge in [0.2, 0.25) is 0 Å².